The maximum absolute atomic E-state index is 12.1. The van der Waals surface area contributed by atoms with Crippen LogP contribution < -0.4 is 5.32 Å². The molecule has 122 valence electrons. The molecule has 4 nitrogen and oxygen atoms in total. The summed E-state index contributed by atoms with van der Waals surface area (Å²) in [6.07, 6.45) is 2.18. The van der Waals surface area contributed by atoms with Gasteiger partial charge >= 0.3 is 0 Å². The molecule has 0 saturated carbocycles. The summed E-state index contributed by atoms with van der Waals surface area (Å²) in [5, 5.41) is 21.4. The van der Waals surface area contributed by atoms with Crippen LogP contribution in [-0.2, 0) is 11.2 Å². The lowest BCUT2D eigenvalue weighted by atomic mass is 10.0. The minimum Gasteiger partial charge on any atom is -0.508 e. The SMILES string of the molecule is Cc1ccc(CCNC(=O)/C(C#N)=C/c2cccc(O)c2)c(C)c1. The van der Waals surface area contributed by atoms with Gasteiger partial charge < -0.3 is 10.4 Å². The Morgan fingerprint density at radius 2 is 2.04 bits per heavy atom. The highest BCUT2D eigenvalue weighted by atomic mass is 16.3. The molecule has 2 aromatic carbocycles. The molecule has 1 amide bonds. The topological polar surface area (TPSA) is 73.1 Å². The molecule has 0 aliphatic heterocycles. The Kier molecular flexibility index (Phi) is 5.75. The lowest BCUT2D eigenvalue weighted by Gasteiger charge is -2.08. The Labute approximate surface area is 142 Å². The molecular weight excluding hydrogens is 300 g/mol. The normalized spacial score (nSPS) is 11.0. The Bertz CT molecular complexity index is 817. The van der Waals surface area contributed by atoms with Gasteiger partial charge in [0, 0.05) is 6.54 Å². The largest absolute Gasteiger partial charge is 0.508 e. The van der Waals surface area contributed by atoms with E-state index in [1.54, 1.807) is 12.1 Å². The van der Waals surface area contributed by atoms with Crippen LogP contribution in [0.2, 0.25) is 0 Å². The molecule has 0 radical (unpaired) electrons. The maximum Gasteiger partial charge on any atom is 0.261 e. The molecule has 2 rings (SSSR count). The van der Waals surface area contributed by atoms with Crippen LogP contribution >= 0.6 is 0 Å². The first-order valence-electron chi connectivity index (χ1n) is 7.75. The highest BCUT2D eigenvalue weighted by Crippen LogP contribution is 2.14. The summed E-state index contributed by atoms with van der Waals surface area (Å²) >= 11 is 0. The molecule has 0 aliphatic carbocycles. The molecule has 0 bridgehead atoms. The third kappa shape index (κ3) is 4.72. The van der Waals surface area contributed by atoms with E-state index in [1.165, 1.54) is 34.9 Å². The predicted molar refractivity (Wildman–Crippen MR) is 94.3 cm³/mol. The fraction of sp³-hybridized carbons (Fsp3) is 0.200. The Hall–Kier alpha value is -3.06. The van der Waals surface area contributed by atoms with Crippen molar-refractivity contribution in [1.29, 1.82) is 5.26 Å². The number of nitrogens with one attached hydrogen (secondary N) is 1. The number of phenols is 1. The van der Waals surface area contributed by atoms with Crippen LogP contribution in [0.4, 0.5) is 0 Å². The van der Waals surface area contributed by atoms with Crippen molar-refractivity contribution in [1.82, 2.24) is 5.32 Å². The van der Waals surface area contributed by atoms with Gasteiger partial charge in [0.15, 0.2) is 0 Å². The van der Waals surface area contributed by atoms with Gasteiger partial charge in [-0.3, -0.25) is 4.79 Å². The minimum absolute atomic E-state index is 0.0150. The summed E-state index contributed by atoms with van der Waals surface area (Å²) in [5.74, 6) is -0.318. The van der Waals surface area contributed by atoms with Gasteiger partial charge in [0.05, 0.1) is 0 Å². The van der Waals surface area contributed by atoms with E-state index in [2.05, 4.69) is 17.4 Å². The Balaban J connectivity index is 1.99. The molecule has 4 heteroatoms. The number of phenolic OH excluding ortho intramolecular Hbond substituents is 1. The molecule has 2 N–H and O–H groups in total. The lowest BCUT2D eigenvalue weighted by Crippen LogP contribution is -2.26. The summed E-state index contributed by atoms with van der Waals surface area (Å²) < 4.78 is 0. The van der Waals surface area contributed by atoms with Gasteiger partial charge in [-0.05, 0) is 55.2 Å². The molecule has 24 heavy (non-hydrogen) atoms. The number of aromatic hydroxyl groups is 1. The monoisotopic (exact) mass is 320 g/mol. The van der Waals surface area contributed by atoms with Crippen LogP contribution in [0, 0.1) is 25.2 Å². The molecule has 0 atom stereocenters. The number of carbonyl (C=O) groups excluding carboxylic acids is 1. The highest BCUT2D eigenvalue weighted by Gasteiger charge is 2.09. The van der Waals surface area contributed by atoms with E-state index in [0.29, 0.717) is 18.5 Å². The molecular formula is C20H20N2O2. The number of hydrogen-bond acceptors (Lipinski definition) is 3. The quantitative estimate of drug-likeness (QED) is 0.656. The van der Waals surface area contributed by atoms with Crippen molar-refractivity contribution < 1.29 is 9.90 Å². The molecule has 0 unspecified atom stereocenters. The van der Waals surface area contributed by atoms with Crippen molar-refractivity contribution in [3.63, 3.8) is 0 Å². The summed E-state index contributed by atoms with van der Waals surface area (Å²) in [5.41, 5.74) is 4.20. The van der Waals surface area contributed by atoms with Gasteiger partial charge in [0.1, 0.15) is 17.4 Å². The molecule has 2 aromatic rings. The zero-order valence-corrected chi connectivity index (χ0v) is 13.8. The second-order valence-corrected chi connectivity index (χ2v) is 5.70. The average Bonchev–Trinajstić information content (AvgIpc) is 2.54. The van der Waals surface area contributed by atoms with E-state index in [0.717, 1.165) is 0 Å². The first-order chi connectivity index (χ1) is 11.5. The van der Waals surface area contributed by atoms with Gasteiger partial charge in [-0.2, -0.15) is 5.26 Å². The third-order valence-corrected chi connectivity index (χ3v) is 3.72. The van der Waals surface area contributed by atoms with Crippen LogP contribution in [0.3, 0.4) is 0 Å². The smallest absolute Gasteiger partial charge is 0.261 e. The molecule has 0 fully saturated rings. The van der Waals surface area contributed by atoms with Crippen LogP contribution in [0.25, 0.3) is 6.08 Å². The minimum atomic E-state index is -0.411. The number of nitrogens with zero attached hydrogens (tertiary/aromatic N) is 1. The summed E-state index contributed by atoms with van der Waals surface area (Å²) in [6.45, 7) is 4.55. The van der Waals surface area contributed by atoms with Crippen molar-refractivity contribution >= 4 is 12.0 Å². The zero-order chi connectivity index (χ0) is 17.5. The molecule has 0 spiro atoms. The fourth-order valence-electron chi connectivity index (χ4n) is 2.46. The summed E-state index contributed by atoms with van der Waals surface area (Å²) in [6, 6.07) is 14.5. The van der Waals surface area contributed by atoms with Gasteiger partial charge in [-0.1, -0.05) is 35.9 Å². The molecule has 0 heterocycles. The van der Waals surface area contributed by atoms with E-state index >= 15 is 0 Å². The molecule has 0 aliphatic rings. The Morgan fingerprint density at radius 1 is 1.25 bits per heavy atom. The van der Waals surface area contributed by atoms with Crippen LogP contribution in [0.15, 0.2) is 48.0 Å². The van der Waals surface area contributed by atoms with E-state index in [9.17, 15) is 15.2 Å². The number of aryl methyl sites for hydroxylation is 2. The van der Waals surface area contributed by atoms with Crippen LogP contribution in [0.1, 0.15) is 22.3 Å². The van der Waals surface area contributed by atoms with Crippen molar-refractivity contribution in [2.24, 2.45) is 0 Å². The van der Waals surface area contributed by atoms with Gasteiger partial charge in [0.2, 0.25) is 0 Å². The fourth-order valence-corrected chi connectivity index (χ4v) is 2.46. The Morgan fingerprint density at radius 3 is 2.71 bits per heavy atom. The number of carbonyl (C=O) groups is 1. The number of rotatable bonds is 5. The van der Waals surface area contributed by atoms with Gasteiger partial charge in [-0.25, -0.2) is 0 Å². The molecule has 0 aromatic heterocycles. The third-order valence-electron chi connectivity index (χ3n) is 3.72. The van der Waals surface area contributed by atoms with E-state index in [-0.39, 0.29) is 11.3 Å². The first kappa shape index (κ1) is 17.3. The van der Waals surface area contributed by atoms with Crippen molar-refractivity contribution in [3.05, 3.63) is 70.3 Å². The number of hydrogen-bond donors (Lipinski definition) is 2. The number of nitriles is 1. The highest BCUT2D eigenvalue weighted by molar-refractivity contribution is 6.01. The second kappa shape index (κ2) is 7.98. The average molecular weight is 320 g/mol. The van der Waals surface area contributed by atoms with E-state index < -0.39 is 5.91 Å². The summed E-state index contributed by atoms with van der Waals surface area (Å²) in [7, 11) is 0. The van der Waals surface area contributed by atoms with Crippen LogP contribution in [-0.4, -0.2) is 17.6 Å². The first-order valence-corrected chi connectivity index (χ1v) is 7.75. The standard InChI is InChI=1S/C20H20N2O2/c1-14-6-7-17(15(2)10-14)8-9-22-20(24)18(13-21)11-16-4-3-5-19(23)12-16/h3-7,10-12,23H,8-9H2,1-2H3,(H,22,24)/b18-11+. The van der Waals surface area contributed by atoms with Crippen LogP contribution in [0.5, 0.6) is 5.75 Å². The summed E-state index contributed by atoms with van der Waals surface area (Å²) in [4.78, 5) is 12.1. The van der Waals surface area contributed by atoms with E-state index in [1.807, 2.05) is 26.0 Å². The van der Waals surface area contributed by atoms with Crippen molar-refractivity contribution in [2.75, 3.05) is 6.54 Å². The number of amides is 1. The van der Waals surface area contributed by atoms with Crippen molar-refractivity contribution in [2.45, 2.75) is 20.3 Å². The van der Waals surface area contributed by atoms with Gasteiger partial charge in [-0.15, -0.1) is 0 Å². The van der Waals surface area contributed by atoms with E-state index in [4.69, 9.17) is 0 Å². The van der Waals surface area contributed by atoms with Gasteiger partial charge in [0.25, 0.3) is 5.91 Å². The lowest BCUT2D eigenvalue weighted by molar-refractivity contribution is -0.117. The second-order valence-electron chi connectivity index (χ2n) is 5.70. The van der Waals surface area contributed by atoms with Crippen molar-refractivity contribution in [3.8, 4) is 11.8 Å². The zero-order valence-electron chi connectivity index (χ0n) is 13.8. The number of benzene rings is 2. The molecule has 0 saturated heterocycles. The predicted octanol–water partition coefficient (Wildman–Crippen LogP) is 3.27. The maximum atomic E-state index is 12.1.